The summed E-state index contributed by atoms with van der Waals surface area (Å²) in [6, 6.07) is 11.9. The molecule has 2 unspecified atom stereocenters. The topological polar surface area (TPSA) is 102 Å². The van der Waals surface area contributed by atoms with Gasteiger partial charge in [0.2, 0.25) is 0 Å². The Labute approximate surface area is 216 Å². The van der Waals surface area contributed by atoms with Crippen molar-refractivity contribution in [1.29, 1.82) is 5.26 Å². The van der Waals surface area contributed by atoms with Crippen molar-refractivity contribution in [3.63, 3.8) is 0 Å². The zero-order valence-electron chi connectivity index (χ0n) is 20.1. The highest BCUT2D eigenvalue weighted by molar-refractivity contribution is 5.98. The quantitative estimate of drug-likeness (QED) is 0.282. The van der Waals surface area contributed by atoms with Gasteiger partial charge in [0.1, 0.15) is 17.7 Å². The van der Waals surface area contributed by atoms with Gasteiger partial charge in [-0.05, 0) is 49.1 Å². The van der Waals surface area contributed by atoms with Crippen molar-refractivity contribution in [3.05, 3.63) is 71.7 Å². The average molecular weight is 517 g/mol. The van der Waals surface area contributed by atoms with Crippen molar-refractivity contribution in [1.82, 2.24) is 9.97 Å². The molecule has 0 saturated heterocycles. The third-order valence-electron chi connectivity index (χ3n) is 8.08. The number of fused-ring (bicyclic) bond motifs is 4. The van der Waals surface area contributed by atoms with Crippen LogP contribution in [-0.4, -0.2) is 27.1 Å². The highest BCUT2D eigenvalue weighted by Crippen LogP contribution is 2.47. The first kappa shape index (κ1) is 24.0. The third-order valence-corrected chi connectivity index (χ3v) is 8.08. The number of aliphatic carboxylic acids is 1. The molecule has 3 aliphatic rings. The number of nitriles is 1. The number of H-pyrrole nitrogens is 1. The van der Waals surface area contributed by atoms with Gasteiger partial charge in [-0.3, -0.25) is 4.79 Å². The highest BCUT2D eigenvalue weighted by Gasteiger charge is 2.47. The summed E-state index contributed by atoms with van der Waals surface area (Å²) in [5, 5.41) is 23.4. The van der Waals surface area contributed by atoms with E-state index in [1.165, 1.54) is 6.20 Å². The Morgan fingerprint density at radius 2 is 1.79 bits per heavy atom. The van der Waals surface area contributed by atoms with Crippen molar-refractivity contribution in [3.8, 4) is 28.5 Å². The van der Waals surface area contributed by atoms with Crippen LogP contribution in [0.25, 0.3) is 33.3 Å². The summed E-state index contributed by atoms with van der Waals surface area (Å²) in [6.45, 7) is 0. The molecule has 0 amide bonds. The number of pyridine rings is 1. The van der Waals surface area contributed by atoms with Crippen molar-refractivity contribution >= 4 is 22.7 Å². The fraction of sp³-hybridized carbons (Fsp3) is 0.276. The van der Waals surface area contributed by atoms with E-state index in [0.717, 1.165) is 37.8 Å². The van der Waals surface area contributed by atoms with Crippen LogP contribution in [0.4, 0.5) is 19.0 Å². The van der Waals surface area contributed by atoms with Crippen LogP contribution in [0.2, 0.25) is 0 Å². The lowest BCUT2D eigenvalue weighted by atomic mass is 9.61. The molecular formula is C29H23F3N4O2. The number of hydrogen-bond acceptors (Lipinski definition) is 4. The van der Waals surface area contributed by atoms with Crippen LogP contribution < -0.4 is 5.32 Å². The number of anilines is 1. The SMILES string of the molecule is N#Cc1c(-c2c[nH]c3c(F)cc(F)cc23)nc(NC2C3CCC(CC3)C2C(=O)O)c(F)c1-c1ccccc1. The maximum absolute atomic E-state index is 16.2. The van der Waals surface area contributed by atoms with Crippen LogP contribution in [0.1, 0.15) is 31.2 Å². The van der Waals surface area contributed by atoms with Crippen LogP contribution in [-0.2, 0) is 4.79 Å². The van der Waals surface area contributed by atoms with Gasteiger partial charge in [-0.1, -0.05) is 30.3 Å². The Morgan fingerprint density at radius 1 is 1.08 bits per heavy atom. The minimum atomic E-state index is -0.933. The van der Waals surface area contributed by atoms with E-state index in [1.807, 2.05) is 6.07 Å². The fourth-order valence-corrected chi connectivity index (χ4v) is 6.36. The maximum atomic E-state index is 16.2. The van der Waals surface area contributed by atoms with E-state index in [2.05, 4.69) is 15.3 Å². The number of carboxylic acids is 1. The Hall–Kier alpha value is -4.32. The molecule has 9 heteroatoms. The van der Waals surface area contributed by atoms with Crippen molar-refractivity contribution < 1.29 is 23.1 Å². The Bertz CT molecular complexity index is 1600. The summed E-state index contributed by atoms with van der Waals surface area (Å²) in [5.74, 6) is -4.18. The molecule has 0 radical (unpaired) electrons. The van der Waals surface area contributed by atoms with E-state index in [1.54, 1.807) is 30.3 Å². The van der Waals surface area contributed by atoms with Gasteiger partial charge in [-0.2, -0.15) is 5.26 Å². The molecule has 3 fully saturated rings. The molecule has 6 nitrogen and oxygen atoms in total. The molecule has 7 rings (SSSR count). The van der Waals surface area contributed by atoms with Crippen LogP contribution in [0.3, 0.4) is 0 Å². The number of hydrogen-bond donors (Lipinski definition) is 3. The minimum Gasteiger partial charge on any atom is -0.481 e. The number of nitrogens with one attached hydrogen (secondary N) is 2. The fourth-order valence-electron chi connectivity index (χ4n) is 6.36. The molecule has 2 aromatic carbocycles. The number of halogens is 3. The van der Waals surface area contributed by atoms with E-state index in [-0.39, 0.29) is 50.9 Å². The average Bonchev–Trinajstić information content (AvgIpc) is 3.34. The first-order chi connectivity index (χ1) is 18.4. The van der Waals surface area contributed by atoms with Gasteiger partial charge in [0, 0.05) is 34.8 Å². The van der Waals surface area contributed by atoms with Crippen LogP contribution >= 0.6 is 0 Å². The molecule has 2 heterocycles. The Kier molecular flexibility index (Phi) is 5.83. The van der Waals surface area contributed by atoms with Crippen molar-refractivity contribution in [2.45, 2.75) is 31.7 Å². The second kappa shape index (κ2) is 9.21. The van der Waals surface area contributed by atoms with Gasteiger partial charge in [0.25, 0.3) is 0 Å². The lowest BCUT2D eigenvalue weighted by Crippen LogP contribution is -2.51. The monoisotopic (exact) mass is 516 g/mol. The zero-order chi connectivity index (χ0) is 26.6. The molecule has 2 aromatic heterocycles. The van der Waals surface area contributed by atoms with Gasteiger partial charge in [0.05, 0.1) is 22.7 Å². The lowest BCUT2D eigenvalue weighted by molar-refractivity contribution is -0.148. The van der Waals surface area contributed by atoms with E-state index in [0.29, 0.717) is 5.56 Å². The smallest absolute Gasteiger partial charge is 0.308 e. The molecule has 4 aromatic rings. The molecule has 2 bridgehead atoms. The van der Waals surface area contributed by atoms with Crippen LogP contribution in [0.5, 0.6) is 0 Å². The van der Waals surface area contributed by atoms with Gasteiger partial charge in [-0.25, -0.2) is 18.2 Å². The van der Waals surface area contributed by atoms with E-state index < -0.39 is 35.4 Å². The molecular weight excluding hydrogens is 493 g/mol. The normalized spacial score (nSPS) is 22.4. The second-order valence-electron chi connectivity index (χ2n) is 10.1. The number of benzene rings is 2. The number of carboxylic acid groups (broad SMARTS) is 1. The highest BCUT2D eigenvalue weighted by atomic mass is 19.1. The lowest BCUT2D eigenvalue weighted by Gasteiger charge is -2.47. The number of carbonyl (C=O) groups is 1. The van der Waals surface area contributed by atoms with Crippen molar-refractivity contribution in [2.75, 3.05) is 5.32 Å². The van der Waals surface area contributed by atoms with Crippen LogP contribution in [0.15, 0.2) is 48.7 Å². The molecule has 192 valence electrons. The van der Waals surface area contributed by atoms with E-state index in [9.17, 15) is 23.9 Å². The number of aromatic amines is 1. The minimum absolute atomic E-state index is 0.0101. The summed E-state index contributed by atoms with van der Waals surface area (Å²) in [6.07, 6.45) is 4.72. The summed E-state index contributed by atoms with van der Waals surface area (Å²) in [4.78, 5) is 19.5. The molecule has 3 saturated carbocycles. The third kappa shape index (κ3) is 3.79. The van der Waals surface area contributed by atoms with Crippen molar-refractivity contribution in [2.24, 2.45) is 17.8 Å². The molecule has 3 N–H and O–H groups in total. The second-order valence-corrected chi connectivity index (χ2v) is 10.1. The van der Waals surface area contributed by atoms with Gasteiger partial charge < -0.3 is 15.4 Å². The Balaban J connectivity index is 1.58. The summed E-state index contributed by atoms with van der Waals surface area (Å²) in [7, 11) is 0. The summed E-state index contributed by atoms with van der Waals surface area (Å²) < 4.78 is 44.9. The predicted molar refractivity (Wildman–Crippen MR) is 136 cm³/mol. The first-order valence-corrected chi connectivity index (χ1v) is 12.5. The Morgan fingerprint density at radius 3 is 2.47 bits per heavy atom. The molecule has 3 aliphatic carbocycles. The van der Waals surface area contributed by atoms with Gasteiger partial charge in [0.15, 0.2) is 11.6 Å². The van der Waals surface area contributed by atoms with E-state index >= 15 is 4.39 Å². The number of nitrogens with zero attached hydrogens (tertiary/aromatic N) is 2. The summed E-state index contributed by atoms with van der Waals surface area (Å²) >= 11 is 0. The van der Waals surface area contributed by atoms with Gasteiger partial charge >= 0.3 is 5.97 Å². The molecule has 0 aliphatic heterocycles. The molecule has 0 spiro atoms. The predicted octanol–water partition coefficient (Wildman–Crippen LogP) is 6.49. The number of aromatic nitrogens is 2. The molecule has 38 heavy (non-hydrogen) atoms. The first-order valence-electron chi connectivity index (χ1n) is 12.5. The summed E-state index contributed by atoms with van der Waals surface area (Å²) in [5.41, 5.74) is 0.618. The van der Waals surface area contributed by atoms with Gasteiger partial charge in [-0.15, -0.1) is 0 Å². The van der Waals surface area contributed by atoms with Crippen LogP contribution in [0, 0.1) is 46.5 Å². The standard InChI is InChI=1S/C29H23F3N4O2/c30-17-10-18-20(13-34-27(18)21(31)11-17)26-19(12-33)22(14-4-2-1-3-5-14)24(32)28(36-26)35-25-16-8-6-15(7-9-16)23(25)29(37)38/h1-5,10-11,13,15-16,23,25,34H,6-9H2,(H,35,36)(H,37,38). The largest absolute Gasteiger partial charge is 0.481 e. The molecule has 2 atom stereocenters. The van der Waals surface area contributed by atoms with E-state index in [4.69, 9.17) is 0 Å². The maximum Gasteiger partial charge on any atom is 0.308 e. The zero-order valence-corrected chi connectivity index (χ0v) is 20.1. The number of rotatable bonds is 5.